The minimum absolute atomic E-state index is 0.339. The Bertz CT molecular complexity index is 692. The Hall–Kier alpha value is -1.43. The molecule has 1 aliphatic heterocycles. The second-order valence-electron chi connectivity index (χ2n) is 6.83. The molecule has 2 aliphatic rings. The van der Waals surface area contributed by atoms with Crippen LogP contribution in [0.2, 0.25) is 5.02 Å². The molecule has 0 amide bonds. The zero-order valence-corrected chi connectivity index (χ0v) is 14.7. The van der Waals surface area contributed by atoms with Gasteiger partial charge < -0.3 is 4.52 Å². The van der Waals surface area contributed by atoms with Crippen molar-refractivity contribution in [2.45, 2.75) is 38.3 Å². The minimum atomic E-state index is 0.339. The van der Waals surface area contributed by atoms with E-state index in [2.05, 4.69) is 39.0 Å². The number of halogens is 1. The zero-order valence-electron chi connectivity index (χ0n) is 14.0. The molecule has 1 saturated heterocycles. The first-order chi connectivity index (χ1) is 11.7. The summed E-state index contributed by atoms with van der Waals surface area (Å²) in [5, 5.41) is 4.95. The van der Waals surface area contributed by atoms with Crippen LogP contribution in [0.1, 0.15) is 49.0 Å². The van der Waals surface area contributed by atoms with E-state index in [4.69, 9.17) is 16.1 Å². The summed E-state index contributed by atoms with van der Waals surface area (Å²) in [4.78, 5) is 9.41. The van der Waals surface area contributed by atoms with Crippen molar-refractivity contribution in [3.05, 3.63) is 46.6 Å². The summed E-state index contributed by atoms with van der Waals surface area (Å²) >= 11 is 6.34. The lowest BCUT2D eigenvalue weighted by molar-refractivity contribution is 0.0905. The van der Waals surface area contributed by atoms with Gasteiger partial charge >= 0.3 is 0 Å². The molecule has 2 aromatic rings. The number of hydrogen-bond acceptors (Lipinski definition) is 5. The Labute approximate surface area is 147 Å². The van der Waals surface area contributed by atoms with Gasteiger partial charge in [0.25, 0.3) is 0 Å². The molecule has 0 unspecified atom stereocenters. The molecule has 2 fully saturated rings. The Morgan fingerprint density at radius 1 is 1.21 bits per heavy atom. The largest absolute Gasteiger partial charge is 0.338 e. The van der Waals surface area contributed by atoms with E-state index in [0.717, 1.165) is 49.5 Å². The summed E-state index contributed by atoms with van der Waals surface area (Å²) in [6.07, 6.45) is 2.41. The fourth-order valence-electron chi connectivity index (χ4n) is 3.35. The van der Waals surface area contributed by atoms with Crippen LogP contribution in [-0.2, 0) is 6.54 Å². The van der Waals surface area contributed by atoms with Crippen LogP contribution in [0, 0.1) is 0 Å². The molecule has 24 heavy (non-hydrogen) atoms. The lowest BCUT2D eigenvalue weighted by Gasteiger charge is -2.37. The average molecular weight is 347 g/mol. The Balaban J connectivity index is 1.32. The van der Waals surface area contributed by atoms with E-state index < -0.39 is 0 Å². The van der Waals surface area contributed by atoms with Crippen LogP contribution in [0.4, 0.5) is 0 Å². The van der Waals surface area contributed by atoms with Crippen molar-refractivity contribution in [2.24, 2.45) is 0 Å². The fraction of sp³-hybridized carbons (Fsp3) is 0.556. The summed E-state index contributed by atoms with van der Waals surface area (Å²) in [7, 11) is 0. The Morgan fingerprint density at radius 3 is 2.67 bits per heavy atom. The molecule has 1 aromatic heterocycles. The standard InChI is InChI=1S/C18H23ClN4O/c1-13(15-4-2-3-5-16(15)19)23-10-8-22(9-11-23)12-17-20-18(21-24-17)14-6-7-14/h2-5,13-14H,6-12H2,1H3/t13-/m0/s1. The molecule has 5 nitrogen and oxygen atoms in total. The number of aromatic nitrogens is 2. The summed E-state index contributed by atoms with van der Waals surface area (Å²) in [5.41, 5.74) is 1.21. The maximum absolute atomic E-state index is 6.34. The van der Waals surface area contributed by atoms with E-state index >= 15 is 0 Å². The molecule has 2 heterocycles. The summed E-state index contributed by atoms with van der Waals surface area (Å²) in [6.45, 7) is 7.06. The molecule has 1 aromatic carbocycles. The molecule has 0 bridgehead atoms. The van der Waals surface area contributed by atoms with Crippen molar-refractivity contribution in [1.82, 2.24) is 19.9 Å². The normalized spacial score (nSPS) is 21.1. The van der Waals surface area contributed by atoms with Crippen LogP contribution in [-0.4, -0.2) is 46.1 Å². The van der Waals surface area contributed by atoms with Gasteiger partial charge in [-0.25, -0.2) is 0 Å². The Kier molecular flexibility index (Phi) is 4.57. The molecule has 6 heteroatoms. The van der Waals surface area contributed by atoms with E-state index in [0.29, 0.717) is 12.0 Å². The predicted molar refractivity (Wildman–Crippen MR) is 93.0 cm³/mol. The van der Waals surface area contributed by atoms with Crippen LogP contribution < -0.4 is 0 Å². The number of piperazine rings is 1. The van der Waals surface area contributed by atoms with E-state index in [-0.39, 0.29) is 0 Å². The van der Waals surface area contributed by atoms with Gasteiger partial charge in [-0.05, 0) is 31.4 Å². The number of hydrogen-bond donors (Lipinski definition) is 0. The lowest BCUT2D eigenvalue weighted by Crippen LogP contribution is -2.46. The van der Waals surface area contributed by atoms with Crippen LogP contribution in [0.15, 0.2) is 28.8 Å². The molecule has 0 spiro atoms. The predicted octanol–water partition coefficient (Wildman–Crippen LogP) is 3.48. The quantitative estimate of drug-likeness (QED) is 0.829. The number of rotatable bonds is 5. The highest BCUT2D eigenvalue weighted by molar-refractivity contribution is 6.31. The van der Waals surface area contributed by atoms with Crippen molar-refractivity contribution in [3.63, 3.8) is 0 Å². The average Bonchev–Trinajstić information content (AvgIpc) is 3.35. The molecule has 128 valence electrons. The molecular formula is C18H23ClN4O. The molecule has 4 rings (SSSR count). The smallest absolute Gasteiger partial charge is 0.240 e. The van der Waals surface area contributed by atoms with Gasteiger partial charge in [-0.2, -0.15) is 4.98 Å². The monoisotopic (exact) mass is 346 g/mol. The molecule has 1 saturated carbocycles. The van der Waals surface area contributed by atoms with Crippen LogP contribution in [0.25, 0.3) is 0 Å². The van der Waals surface area contributed by atoms with Gasteiger partial charge in [0.2, 0.25) is 5.89 Å². The third-order valence-electron chi connectivity index (χ3n) is 5.10. The third kappa shape index (κ3) is 3.48. The number of benzene rings is 1. The molecule has 0 radical (unpaired) electrons. The van der Waals surface area contributed by atoms with Crippen molar-refractivity contribution in [3.8, 4) is 0 Å². The highest BCUT2D eigenvalue weighted by Crippen LogP contribution is 2.38. The summed E-state index contributed by atoms with van der Waals surface area (Å²) in [5.74, 6) is 2.20. The molecule has 1 aliphatic carbocycles. The van der Waals surface area contributed by atoms with Crippen LogP contribution in [0.5, 0.6) is 0 Å². The topological polar surface area (TPSA) is 45.4 Å². The van der Waals surface area contributed by atoms with Gasteiger partial charge in [0.15, 0.2) is 5.82 Å². The number of nitrogens with zero attached hydrogens (tertiary/aromatic N) is 4. The summed E-state index contributed by atoms with van der Waals surface area (Å²) in [6, 6.07) is 8.47. The SMILES string of the molecule is C[C@@H](c1ccccc1Cl)N1CCN(Cc2nc(C3CC3)no2)CC1. The maximum Gasteiger partial charge on any atom is 0.240 e. The maximum atomic E-state index is 6.34. The van der Waals surface area contributed by atoms with Crippen molar-refractivity contribution >= 4 is 11.6 Å². The summed E-state index contributed by atoms with van der Waals surface area (Å²) < 4.78 is 5.39. The van der Waals surface area contributed by atoms with E-state index in [1.165, 1.54) is 18.4 Å². The highest BCUT2D eigenvalue weighted by atomic mass is 35.5. The molecule has 1 atom stereocenters. The minimum Gasteiger partial charge on any atom is -0.338 e. The van der Waals surface area contributed by atoms with Crippen molar-refractivity contribution in [1.29, 1.82) is 0 Å². The lowest BCUT2D eigenvalue weighted by atomic mass is 10.1. The van der Waals surface area contributed by atoms with Crippen molar-refractivity contribution < 1.29 is 4.52 Å². The van der Waals surface area contributed by atoms with Crippen molar-refractivity contribution in [2.75, 3.05) is 26.2 Å². The zero-order chi connectivity index (χ0) is 16.5. The van der Waals surface area contributed by atoms with Gasteiger partial charge in [0.05, 0.1) is 6.54 Å². The first kappa shape index (κ1) is 16.1. The van der Waals surface area contributed by atoms with Gasteiger partial charge in [-0.15, -0.1) is 0 Å². The second kappa shape index (κ2) is 6.82. The van der Waals surface area contributed by atoms with Gasteiger partial charge in [-0.1, -0.05) is 35.0 Å². The van der Waals surface area contributed by atoms with E-state index in [9.17, 15) is 0 Å². The van der Waals surface area contributed by atoms with Gasteiger partial charge in [0, 0.05) is 43.2 Å². The third-order valence-corrected chi connectivity index (χ3v) is 5.44. The van der Waals surface area contributed by atoms with Gasteiger partial charge in [-0.3, -0.25) is 9.80 Å². The first-order valence-electron chi connectivity index (χ1n) is 8.74. The van der Waals surface area contributed by atoms with E-state index in [1.54, 1.807) is 0 Å². The van der Waals surface area contributed by atoms with Crippen LogP contribution in [0.3, 0.4) is 0 Å². The highest BCUT2D eigenvalue weighted by Gasteiger charge is 2.29. The molecule has 0 N–H and O–H groups in total. The molecular weight excluding hydrogens is 324 g/mol. The van der Waals surface area contributed by atoms with Crippen LogP contribution >= 0.6 is 11.6 Å². The second-order valence-corrected chi connectivity index (χ2v) is 7.24. The van der Waals surface area contributed by atoms with E-state index in [1.807, 2.05) is 12.1 Å². The Morgan fingerprint density at radius 2 is 1.96 bits per heavy atom. The van der Waals surface area contributed by atoms with Gasteiger partial charge in [0.1, 0.15) is 0 Å². The fourth-order valence-corrected chi connectivity index (χ4v) is 3.64. The first-order valence-corrected chi connectivity index (χ1v) is 9.12.